The highest BCUT2D eigenvalue weighted by Crippen LogP contribution is 2.29. The third-order valence-corrected chi connectivity index (χ3v) is 5.31. The van der Waals surface area contributed by atoms with E-state index in [4.69, 9.17) is 4.42 Å². The van der Waals surface area contributed by atoms with E-state index < -0.39 is 16.7 Å². The second kappa shape index (κ2) is 8.82. The quantitative estimate of drug-likeness (QED) is 0.242. The zero-order valence-electron chi connectivity index (χ0n) is 16.7. The van der Waals surface area contributed by atoms with Crippen LogP contribution in [-0.2, 0) is 4.79 Å². The van der Waals surface area contributed by atoms with Crippen LogP contribution in [0.5, 0.6) is 0 Å². The summed E-state index contributed by atoms with van der Waals surface area (Å²) in [7, 11) is 0. The van der Waals surface area contributed by atoms with Gasteiger partial charge in [0.25, 0.3) is 5.91 Å². The second-order valence-corrected chi connectivity index (χ2v) is 7.81. The third kappa shape index (κ3) is 4.87. The zero-order valence-corrected chi connectivity index (χ0v) is 17.5. The molecule has 9 nitrogen and oxygen atoms in total. The van der Waals surface area contributed by atoms with Gasteiger partial charge in [0.05, 0.1) is 16.3 Å². The lowest BCUT2D eigenvalue weighted by Gasteiger charge is -2.02. The van der Waals surface area contributed by atoms with Crippen molar-refractivity contribution in [1.82, 2.24) is 4.98 Å². The van der Waals surface area contributed by atoms with Crippen molar-refractivity contribution in [3.05, 3.63) is 87.7 Å². The smallest absolute Gasteiger partial charge is 0.395 e. The van der Waals surface area contributed by atoms with Crippen molar-refractivity contribution in [2.45, 2.75) is 6.92 Å². The number of anilines is 2. The minimum Gasteiger partial charge on any atom is -0.395 e. The molecule has 0 saturated heterocycles. The number of furan rings is 1. The molecule has 0 aliphatic heterocycles. The molecule has 0 radical (unpaired) electrons. The number of thiazole rings is 1. The van der Waals surface area contributed by atoms with Gasteiger partial charge in [-0.1, -0.05) is 41.2 Å². The molecule has 2 amide bonds. The number of hydrogen-bond donors (Lipinski definition) is 2. The number of hydrogen-bond acceptors (Lipinski definition) is 7. The topological polar surface area (TPSA) is 127 Å². The minimum atomic E-state index is -0.716. The summed E-state index contributed by atoms with van der Waals surface area (Å²) >= 11 is 1.25. The van der Waals surface area contributed by atoms with E-state index in [1.54, 1.807) is 24.3 Å². The Labute approximate surface area is 185 Å². The molecule has 4 rings (SSSR count). The van der Waals surface area contributed by atoms with E-state index in [0.717, 1.165) is 21.9 Å². The lowest BCUT2D eigenvalue weighted by atomic mass is 10.1. The van der Waals surface area contributed by atoms with Crippen LogP contribution in [0.25, 0.3) is 16.3 Å². The average molecular weight is 448 g/mol. The summed E-state index contributed by atoms with van der Waals surface area (Å²) in [6.45, 7) is 1.99. The molecule has 0 fully saturated rings. The summed E-state index contributed by atoms with van der Waals surface area (Å²) in [6.07, 6.45) is 3.15. The first-order valence-corrected chi connectivity index (χ1v) is 10.2. The maximum absolute atomic E-state index is 12.2. The fourth-order valence-electron chi connectivity index (χ4n) is 2.79. The summed E-state index contributed by atoms with van der Waals surface area (Å²) in [6, 6.07) is 15.2. The van der Waals surface area contributed by atoms with Crippen LogP contribution in [0.3, 0.4) is 0 Å². The molecule has 4 aromatic rings. The molecule has 32 heavy (non-hydrogen) atoms. The van der Waals surface area contributed by atoms with E-state index in [-0.39, 0.29) is 11.7 Å². The lowest BCUT2D eigenvalue weighted by Crippen LogP contribution is -2.10. The van der Waals surface area contributed by atoms with Gasteiger partial charge in [-0.15, -0.1) is 0 Å². The van der Waals surface area contributed by atoms with Gasteiger partial charge in [0.15, 0.2) is 10.9 Å². The summed E-state index contributed by atoms with van der Waals surface area (Å²) in [5.74, 6) is -1.60. The number of carbonyl (C=O) groups excluding carboxylic acids is 2. The van der Waals surface area contributed by atoms with Crippen molar-refractivity contribution in [3.63, 3.8) is 0 Å². The van der Waals surface area contributed by atoms with Crippen LogP contribution in [0.15, 0.2) is 65.1 Å². The summed E-state index contributed by atoms with van der Waals surface area (Å²) in [4.78, 5) is 38.8. The molecular formula is C22H16N4O5S. The number of carbonyl (C=O) groups is 2. The number of nitro groups is 1. The number of amides is 2. The van der Waals surface area contributed by atoms with Crippen LogP contribution in [-0.4, -0.2) is 21.7 Å². The number of aryl methyl sites for hydroxylation is 1. The minimum absolute atomic E-state index is 0.172. The zero-order chi connectivity index (χ0) is 22.7. The van der Waals surface area contributed by atoms with Crippen molar-refractivity contribution >= 4 is 56.1 Å². The fourth-order valence-corrected chi connectivity index (χ4v) is 3.70. The molecule has 2 heterocycles. The Hall–Kier alpha value is -4.31. The summed E-state index contributed by atoms with van der Waals surface area (Å²) in [5.41, 5.74) is 3.17. The van der Waals surface area contributed by atoms with Gasteiger partial charge in [-0.3, -0.25) is 25.0 Å². The Morgan fingerprint density at radius 2 is 1.88 bits per heavy atom. The van der Waals surface area contributed by atoms with Gasteiger partial charge in [-0.05, 0) is 42.8 Å². The first-order chi connectivity index (χ1) is 15.4. The molecule has 10 heteroatoms. The molecule has 2 aromatic carbocycles. The highest BCUT2D eigenvalue weighted by atomic mass is 32.1. The summed E-state index contributed by atoms with van der Waals surface area (Å²) < 4.78 is 5.64. The fraction of sp³-hybridized carbons (Fsp3) is 0.0455. The number of rotatable bonds is 6. The van der Waals surface area contributed by atoms with E-state index in [0.29, 0.717) is 16.3 Å². The van der Waals surface area contributed by atoms with E-state index >= 15 is 0 Å². The standard InChI is InChI=1S/C22H16N4O5S/c1-13-2-4-14(5-3-13)6-10-19(27)25-22-24-16-8-7-15(12-18(16)32-22)23-21(28)17-9-11-20(31-17)26(29)30/h2-12H,1H3,(H,23,28)(H,24,25,27)/b10-6+. The number of nitrogens with one attached hydrogen (secondary N) is 2. The Bertz CT molecular complexity index is 1350. The van der Waals surface area contributed by atoms with Gasteiger partial charge in [-0.2, -0.15) is 0 Å². The molecule has 2 aromatic heterocycles. The van der Waals surface area contributed by atoms with Crippen LogP contribution < -0.4 is 10.6 Å². The molecule has 0 aliphatic carbocycles. The number of fused-ring (bicyclic) bond motifs is 1. The largest absolute Gasteiger partial charge is 0.433 e. The lowest BCUT2D eigenvalue weighted by molar-refractivity contribution is -0.402. The third-order valence-electron chi connectivity index (χ3n) is 4.38. The molecule has 0 spiro atoms. The number of nitrogens with zero attached hydrogens (tertiary/aromatic N) is 2. The van der Waals surface area contributed by atoms with Crippen molar-refractivity contribution in [2.75, 3.05) is 10.6 Å². The molecule has 0 saturated carbocycles. The van der Waals surface area contributed by atoms with Crippen molar-refractivity contribution in [2.24, 2.45) is 0 Å². The van der Waals surface area contributed by atoms with Gasteiger partial charge in [-0.25, -0.2) is 4.98 Å². The van der Waals surface area contributed by atoms with Crippen molar-refractivity contribution in [3.8, 4) is 0 Å². The maximum atomic E-state index is 12.2. The van der Waals surface area contributed by atoms with E-state index in [9.17, 15) is 19.7 Å². The highest BCUT2D eigenvalue weighted by molar-refractivity contribution is 7.22. The van der Waals surface area contributed by atoms with Gasteiger partial charge in [0.1, 0.15) is 4.92 Å². The summed E-state index contributed by atoms with van der Waals surface area (Å²) in [5, 5.41) is 16.5. The van der Waals surface area contributed by atoms with Crippen LogP contribution in [0, 0.1) is 17.0 Å². The van der Waals surface area contributed by atoms with Crippen LogP contribution in [0.1, 0.15) is 21.7 Å². The normalized spacial score (nSPS) is 11.0. The van der Waals surface area contributed by atoms with Gasteiger partial charge < -0.3 is 9.73 Å². The van der Waals surface area contributed by atoms with Crippen molar-refractivity contribution in [1.29, 1.82) is 0 Å². The van der Waals surface area contributed by atoms with Crippen LogP contribution in [0.4, 0.5) is 16.7 Å². The number of aromatic nitrogens is 1. The Morgan fingerprint density at radius 3 is 2.59 bits per heavy atom. The highest BCUT2D eigenvalue weighted by Gasteiger charge is 2.17. The SMILES string of the molecule is Cc1ccc(/C=C/C(=O)Nc2nc3ccc(NC(=O)c4ccc([N+](=O)[O-])o4)cc3s2)cc1. The van der Waals surface area contributed by atoms with Crippen LogP contribution >= 0.6 is 11.3 Å². The molecule has 0 aliphatic rings. The second-order valence-electron chi connectivity index (χ2n) is 6.78. The van der Waals surface area contributed by atoms with E-state index in [1.165, 1.54) is 23.5 Å². The monoisotopic (exact) mass is 448 g/mol. The maximum Gasteiger partial charge on any atom is 0.433 e. The Balaban J connectivity index is 1.43. The Morgan fingerprint density at radius 1 is 1.09 bits per heavy atom. The molecule has 0 unspecified atom stereocenters. The Kier molecular flexibility index (Phi) is 5.77. The van der Waals surface area contributed by atoms with E-state index in [1.807, 2.05) is 31.2 Å². The first kappa shape index (κ1) is 20.9. The predicted octanol–water partition coefficient (Wildman–Crippen LogP) is 5.01. The number of benzene rings is 2. The van der Waals surface area contributed by atoms with Gasteiger partial charge in [0.2, 0.25) is 5.91 Å². The van der Waals surface area contributed by atoms with Crippen molar-refractivity contribution < 1.29 is 18.9 Å². The molecule has 160 valence electrons. The molecule has 2 N–H and O–H groups in total. The average Bonchev–Trinajstić information content (AvgIpc) is 3.40. The first-order valence-electron chi connectivity index (χ1n) is 9.39. The van der Waals surface area contributed by atoms with Crippen LogP contribution in [0.2, 0.25) is 0 Å². The molecule has 0 atom stereocenters. The van der Waals surface area contributed by atoms with Gasteiger partial charge >= 0.3 is 5.88 Å². The van der Waals surface area contributed by atoms with E-state index in [2.05, 4.69) is 15.6 Å². The predicted molar refractivity (Wildman–Crippen MR) is 122 cm³/mol. The molecular weight excluding hydrogens is 432 g/mol. The van der Waals surface area contributed by atoms with Gasteiger partial charge in [0, 0.05) is 11.8 Å². The molecule has 0 bridgehead atoms.